The summed E-state index contributed by atoms with van der Waals surface area (Å²) in [6.45, 7) is 7.48. The molecule has 1 fully saturated rings. The van der Waals surface area contributed by atoms with E-state index in [4.69, 9.17) is 11.6 Å². The summed E-state index contributed by atoms with van der Waals surface area (Å²) in [5.74, 6) is 3.57. The predicted molar refractivity (Wildman–Crippen MR) is 90.0 cm³/mol. The van der Waals surface area contributed by atoms with E-state index in [1.807, 2.05) is 6.92 Å². The van der Waals surface area contributed by atoms with Gasteiger partial charge in [-0.15, -0.1) is 0 Å². The van der Waals surface area contributed by atoms with Crippen LogP contribution in [0.4, 0.5) is 5.82 Å². The summed E-state index contributed by atoms with van der Waals surface area (Å²) >= 11 is 6.21. The summed E-state index contributed by atoms with van der Waals surface area (Å²) in [4.78, 5) is 8.95. The zero-order chi connectivity index (χ0) is 15.2. The summed E-state index contributed by atoms with van der Waals surface area (Å²) < 4.78 is 0. The molecule has 1 aliphatic carbocycles. The van der Waals surface area contributed by atoms with Crippen molar-refractivity contribution in [3.8, 4) is 0 Å². The Labute approximate surface area is 133 Å². The normalized spacial score (nSPS) is 22.3. The Morgan fingerprint density at radius 2 is 1.90 bits per heavy atom. The van der Waals surface area contributed by atoms with E-state index in [9.17, 15) is 0 Å². The molecule has 21 heavy (non-hydrogen) atoms. The first kappa shape index (κ1) is 16.5. The molecule has 2 rings (SSSR count). The molecule has 0 saturated heterocycles. The highest BCUT2D eigenvalue weighted by Gasteiger charge is 2.18. The summed E-state index contributed by atoms with van der Waals surface area (Å²) in [5, 5.41) is 4.06. The van der Waals surface area contributed by atoms with Gasteiger partial charge in [0.1, 0.15) is 16.8 Å². The van der Waals surface area contributed by atoms with Gasteiger partial charge in [0.05, 0.1) is 0 Å². The second-order valence-electron chi connectivity index (χ2n) is 6.50. The number of rotatable bonds is 6. The molecule has 3 nitrogen and oxygen atoms in total. The van der Waals surface area contributed by atoms with Gasteiger partial charge in [-0.05, 0) is 31.6 Å². The Hall–Kier alpha value is -0.830. The molecule has 1 N–H and O–H groups in total. The van der Waals surface area contributed by atoms with Crippen molar-refractivity contribution in [1.82, 2.24) is 9.97 Å². The van der Waals surface area contributed by atoms with Gasteiger partial charge in [-0.2, -0.15) is 0 Å². The molecule has 1 aromatic heterocycles. The maximum atomic E-state index is 6.21. The Bertz CT molecular complexity index is 454. The Kier molecular flexibility index (Phi) is 6.28. The van der Waals surface area contributed by atoms with E-state index in [-0.39, 0.29) is 0 Å². The van der Waals surface area contributed by atoms with Crippen LogP contribution in [0.1, 0.15) is 63.8 Å². The van der Waals surface area contributed by atoms with Crippen LogP contribution >= 0.6 is 11.6 Å². The average Bonchev–Trinajstić information content (AvgIpc) is 2.46. The van der Waals surface area contributed by atoms with Crippen LogP contribution in [0, 0.1) is 18.8 Å². The van der Waals surface area contributed by atoms with Gasteiger partial charge in [-0.3, -0.25) is 0 Å². The predicted octanol–water partition coefficient (Wildman–Crippen LogP) is 5.02. The van der Waals surface area contributed by atoms with Crippen LogP contribution in [0.25, 0.3) is 0 Å². The minimum absolute atomic E-state index is 0.586. The molecule has 0 aliphatic heterocycles. The molecule has 1 aromatic rings. The van der Waals surface area contributed by atoms with E-state index >= 15 is 0 Å². The molecule has 1 heterocycles. The van der Waals surface area contributed by atoms with Gasteiger partial charge < -0.3 is 5.32 Å². The topological polar surface area (TPSA) is 37.8 Å². The molecule has 0 bridgehead atoms. The van der Waals surface area contributed by atoms with Crippen molar-refractivity contribution in [2.45, 2.75) is 65.7 Å². The zero-order valence-corrected chi connectivity index (χ0v) is 14.3. The number of hydrogen-bond donors (Lipinski definition) is 1. The molecule has 118 valence electrons. The quantitative estimate of drug-likeness (QED) is 0.750. The van der Waals surface area contributed by atoms with Crippen molar-refractivity contribution >= 4 is 17.4 Å². The third-order valence-corrected chi connectivity index (χ3v) is 4.95. The summed E-state index contributed by atoms with van der Waals surface area (Å²) in [5.41, 5.74) is 0.966. The Morgan fingerprint density at radius 1 is 1.19 bits per heavy atom. The van der Waals surface area contributed by atoms with Gasteiger partial charge in [0.25, 0.3) is 0 Å². The van der Waals surface area contributed by atoms with E-state index in [2.05, 4.69) is 29.1 Å². The standard InChI is InChI=1S/C17H28ClN3/c1-4-5-15-20-16(18)13(3)17(21-15)19-11-10-14-8-6-12(2)7-9-14/h12,14H,4-11H2,1-3H3,(H,19,20,21). The van der Waals surface area contributed by atoms with E-state index < -0.39 is 0 Å². The first-order valence-corrected chi connectivity index (χ1v) is 8.74. The van der Waals surface area contributed by atoms with Crippen molar-refractivity contribution in [2.24, 2.45) is 11.8 Å². The van der Waals surface area contributed by atoms with Crippen LogP contribution in [0.15, 0.2) is 0 Å². The molecular formula is C17H28ClN3. The molecule has 0 unspecified atom stereocenters. The van der Waals surface area contributed by atoms with E-state index in [1.54, 1.807) is 0 Å². The fourth-order valence-corrected chi connectivity index (χ4v) is 3.24. The molecular weight excluding hydrogens is 282 g/mol. The lowest BCUT2D eigenvalue weighted by atomic mass is 9.81. The minimum Gasteiger partial charge on any atom is -0.370 e. The number of nitrogens with one attached hydrogen (secondary N) is 1. The van der Waals surface area contributed by atoms with Crippen molar-refractivity contribution in [3.63, 3.8) is 0 Å². The second-order valence-corrected chi connectivity index (χ2v) is 6.85. The van der Waals surface area contributed by atoms with Crippen molar-refractivity contribution in [2.75, 3.05) is 11.9 Å². The molecule has 0 radical (unpaired) electrons. The summed E-state index contributed by atoms with van der Waals surface area (Å²) in [6, 6.07) is 0. The van der Waals surface area contributed by atoms with Crippen LogP contribution in [-0.2, 0) is 6.42 Å². The highest BCUT2D eigenvalue weighted by atomic mass is 35.5. The van der Waals surface area contributed by atoms with Gasteiger partial charge in [0, 0.05) is 18.5 Å². The fraction of sp³-hybridized carbons (Fsp3) is 0.765. The number of hydrogen-bond acceptors (Lipinski definition) is 3. The average molecular weight is 310 g/mol. The maximum absolute atomic E-state index is 6.21. The number of nitrogens with zero attached hydrogens (tertiary/aromatic N) is 2. The lowest BCUT2D eigenvalue weighted by molar-refractivity contribution is 0.282. The second kappa shape index (κ2) is 7.98. The summed E-state index contributed by atoms with van der Waals surface area (Å²) in [6.07, 6.45) is 8.71. The zero-order valence-electron chi connectivity index (χ0n) is 13.6. The molecule has 0 aromatic carbocycles. The number of aromatic nitrogens is 2. The number of anilines is 1. The van der Waals surface area contributed by atoms with Crippen LogP contribution in [0.2, 0.25) is 5.15 Å². The SMILES string of the molecule is CCCc1nc(Cl)c(C)c(NCCC2CCC(C)CC2)n1. The highest BCUT2D eigenvalue weighted by molar-refractivity contribution is 6.30. The molecule has 1 saturated carbocycles. The smallest absolute Gasteiger partial charge is 0.137 e. The molecule has 0 amide bonds. The number of aryl methyl sites for hydroxylation is 1. The van der Waals surface area contributed by atoms with E-state index in [0.717, 1.165) is 48.4 Å². The minimum atomic E-state index is 0.586. The van der Waals surface area contributed by atoms with Gasteiger partial charge in [-0.1, -0.05) is 51.1 Å². The molecule has 4 heteroatoms. The number of halogens is 1. The van der Waals surface area contributed by atoms with Crippen LogP contribution in [0.5, 0.6) is 0 Å². The van der Waals surface area contributed by atoms with Crippen molar-refractivity contribution < 1.29 is 0 Å². The monoisotopic (exact) mass is 309 g/mol. The van der Waals surface area contributed by atoms with Crippen LogP contribution in [-0.4, -0.2) is 16.5 Å². The lowest BCUT2D eigenvalue weighted by Crippen LogP contribution is -2.16. The maximum Gasteiger partial charge on any atom is 0.137 e. The molecule has 0 atom stereocenters. The Morgan fingerprint density at radius 3 is 2.57 bits per heavy atom. The Balaban J connectivity index is 1.87. The lowest BCUT2D eigenvalue weighted by Gasteiger charge is -2.26. The largest absolute Gasteiger partial charge is 0.370 e. The van der Waals surface area contributed by atoms with E-state index in [0.29, 0.717) is 5.15 Å². The fourth-order valence-electron chi connectivity index (χ4n) is 3.05. The van der Waals surface area contributed by atoms with Gasteiger partial charge >= 0.3 is 0 Å². The third kappa shape index (κ3) is 4.84. The van der Waals surface area contributed by atoms with Crippen LogP contribution in [0.3, 0.4) is 0 Å². The van der Waals surface area contributed by atoms with Gasteiger partial charge in [0.2, 0.25) is 0 Å². The molecule has 1 aliphatic rings. The van der Waals surface area contributed by atoms with Gasteiger partial charge in [0.15, 0.2) is 0 Å². The van der Waals surface area contributed by atoms with Crippen LogP contribution < -0.4 is 5.32 Å². The van der Waals surface area contributed by atoms with Gasteiger partial charge in [-0.25, -0.2) is 9.97 Å². The summed E-state index contributed by atoms with van der Waals surface area (Å²) in [7, 11) is 0. The highest BCUT2D eigenvalue weighted by Crippen LogP contribution is 2.30. The van der Waals surface area contributed by atoms with Crippen molar-refractivity contribution in [3.05, 3.63) is 16.5 Å². The molecule has 0 spiro atoms. The first-order valence-electron chi connectivity index (χ1n) is 8.37. The van der Waals surface area contributed by atoms with E-state index in [1.165, 1.54) is 32.1 Å². The first-order chi connectivity index (χ1) is 10.1. The third-order valence-electron chi connectivity index (χ3n) is 4.59. The van der Waals surface area contributed by atoms with Crippen molar-refractivity contribution in [1.29, 1.82) is 0 Å².